The molecule has 0 spiro atoms. The topological polar surface area (TPSA) is 15.3 Å². The van der Waals surface area contributed by atoms with Gasteiger partial charge in [0.25, 0.3) is 0 Å². The zero-order valence-electron chi connectivity index (χ0n) is 10.8. The minimum atomic E-state index is 1.18. The second-order valence-corrected chi connectivity index (χ2v) is 5.84. The molecule has 0 bridgehead atoms. The van der Waals surface area contributed by atoms with Crippen molar-refractivity contribution in [2.75, 3.05) is 44.2 Å². The van der Waals surface area contributed by atoms with E-state index >= 15 is 0 Å². The Labute approximate surface area is 106 Å². The molecule has 2 nitrogen and oxygen atoms in total. The normalized spacial score (nSPS) is 18.6. The van der Waals surface area contributed by atoms with Crippen LogP contribution in [0, 0.1) is 0 Å². The molecule has 1 rings (SSSR count). The van der Waals surface area contributed by atoms with Crippen molar-refractivity contribution < 1.29 is 0 Å². The summed E-state index contributed by atoms with van der Waals surface area (Å²) in [6.07, 6.45) is 6.77. The van der Waals surface area contributed by atoms with Crippen LogP contribution in [0.5, 0.6) is 0 Å². The van der Waals surface area contributed by atoms with Crippen LogP contribution in [0.25, 0.3) is 0 Å². The van der Waals surface area contributed by atoms with Crippen molar-refractivity contribution in [3.63, 3.8) is 0 Å². The van der Waals surface area contributed by atoms with Crippen molar-refractivity contribution in [2.24, 2.45) is 0 Å². The number of rotatable bonds is 8. The lowest BCUT2D eigenvalue weighted by Gasteiger charge is -2.18. The van der Waals surface area contributed by atoms with Gasteiger partial charge in [0.1, 0.15) is 0 Å². The molecule has 0 atom stereocenters. The van der Waals surface area contributed by atoms with Gasteiger partial charge < -0.3 is 10.2 Å². The molecule has 16 heavy (non-hydrogen) atoms. The molecule has 1 fully saturated rings. The first kappa shape index (κ1) is 14.3. The highest BCUT2D eigenvalue weighted by atomic mass is 32.2. The number of nitrogens with zero attached hydrogens (tertiary/aromatic N) is 1. The average molecular weight is 244 g/mol. The molecule has 0 aliphatic carbocycles. The summed E-state index contributed by atoms with van der Waals surface area (Å²) in [7, 11) is 0. The monoisotopic (exact) mass is 244 g/mol. The minimum Gasteiger partial charge on any atom is -0.317 e. The molecule has 1 heterocycles. The average Bonchev–Trinajstić information content (AvgIpc) is 2.56. The predicted octanol–water partition coefficient (Wildman–Crippen LogP) is 2.60. The van der Waals surface area contributed by atoms with E-state index in [9.17, 15) is 0 Å². The third-order valence-electron chi connectivity index (χ3n) is 3.07. The molecule has 1 saturated heterocycles. The maximum absolute atomic E-state index is 3.47. The van der Waals surface area contributed by atoms with Crippen molar-refractivity contribution in [2.45, 2.75) is 39.0 Å². The fourth-order valence-electron chi connectivity index (χ4n) is 2.09. The van der Waals surface area contributed by atoms with E-state index in [-0.39, 0.29) is 0 Å². The van der Waals surface area contributed by atoms with Gasteiger partial charge in [-0.15, -0.1) is 0 Å². The highest BCUT2D eigenvalue weighted by Crippen LogP contribution is 2.10. The van der Waals surface area contributed by atoms with Crippen LogP contribution in [0.15, 0.2) is 0 Å². The van der Waals surface area contributed by atoms with E-state index in [1.54, 1.807) is 0 Å². The zero-order valence-corrected chi connectivity index (χ0v) is 11.7. The summed E-state index contributed by atoms with van der Waals surface area (Å²) in [5.41, 5.74) is 0. The van der Waals surface area contributed by atoms with Gasteiger partial charge in [0, 0.05) is 12.3 Å². The number of hydrogen-bond acceptors (Lipinski definition) is 3. The van der Waals surface area contributed by atoms with Gasteiger partial charge in [0.2, 0.25) is 0 Å². The Morgan fingerprint density at radius 1 is 1.06 bits per heavy atom. The summed E-state index contributed by atoms with van der Waals surface area (Å²) in [6.45, 7) is 8.60. The van der Waals surface area contributed by atoms with Crippen molar-refractivity contribution >= 4 is 11.8 Å². The van der Waals surface area contributed by atoms with E-state index in [1.165, 1.54) is 76.3 Å². The summed E-state index contributed by atoms with van der Waals surface area (Å²) in [5.74, 6) is 2.72. The molecule has 0 saturated carbocycles. The Morgan fingerprint density at radius 2 is 2.00 bits per heavy atom. The van der Waals surface area contributed by atoms with Gasteiger partial charge in [-0.25, -0.2) is 0 Å². The molecule has 96 valence electrons. The second-order valence-electron chi connectivity index (χ2n) is 4.62. The summed E-state index contributed by atoms with van der Waals surface area (Å²) in [4.78, 5) is 2.65. The van der Waals surface area contributed by atoms with E-state index in [4.69, 9.17) is 0 Å². The Bertz CT molecular complexity index is 145. The minimum absolute atomic E-state index is 1.18. The first-order valence-electron chi connectivity index (χ1n) is 6.94. The van der Waals surface area contributed by atoms with E-state index in [0.717, 1.165) is 0 Å². The Balaban J connectivity index is 1.86. The second kappa shape index (κ2) is 10.4. The number of hydrogen-bond donors (Lipinski definition) is 1. The Hall–Kier alpha value is 0.270. The highest BCUT2D eigenvalue weighted by molar-refractivity contribution is 7.99. The number of thioether (sulfide) groups is 1. The van der Waals surface area contributed by atoms with Gasteiger partial charge in [-0.1, -0.05) is 13.3 Å². The molecule has 0 amide bonds. The fraction of sp³-hybridized carbons (Fsp3) is 1.00. The lowest BCUT2D eigenvalue weighted by atomic mass is 10.2. The number of unbranched alkanes of at least 4 members (excludes halogenated alkanes) is 2. The quantitative estimate of drug-likeness (QED) is 0.661. The van der Waals surface area contributed by atoms with Gasteiger partial charge in [-0.2, -0.15) is 11.8 Å². The predicted molar refractivity (Wildman–Crippen MR) is 75.4 cm³/mol. The standard InChI is InChI=1S/C13H28N2S/c1-2-7-14-8-4-3-5-9-15-10-6-12-16-13-11-15/h14H,2-13H2,1H3. The number of nitrogens with one attached hydrogen (secondary N) is 1. The van der Waals surface area contributed by atoms with Gasteiger partial charge in [0.15, 0.2) is 0 Å². The van der Waals surface area contributed by atoms with Crippen molar-refractivity contribution in [3.05, 3.63) is 0 Å². The first-order chi connectivity index (χ1) is 7.93. The van der Waals surface area contributed by atoms with Crippen molar-refractivity contribution in [1.82, 2.24) is 10.2 Å². The molecule has 3 heteroatoms. The van der Waals surface area contributed by atoms with Gasteiger partial charge >= 0.3 is 0 Å². The molecule has 0 aromatic rings. The fourth-order valence-corrected chi connectivity index (χ4v) is 3.01. The summed E-state index contributed by atoms with van der Waals surface area (Å²) < 4.78 is 0. The molecule has 0 aromatic heterocycles. The van der Waals surface area contributed by atoms with E-state index < -0.39 is 0 Å². The van der Waals surface area contributed by atoms with Crippen LogP contribution in [0.2, 0.25) is 0 Å². The van der Waals surface area contributed by atoms with Crippen LogP contribution in [0.3, 0.4) is 0 Å². The largest absolute Gasteiger partial charge is 0.317 e. The summed E-state index contributed by atoms with van der Waals surface area (Å²) in [6, 6.07) is 0. The summed E-state index contributed by atoms with van der Waals surface area (Å²) in [5, 5.41) is 3.47. The molecule has 1 N–H and O–H groups in total. The van der Waals surface area contributed by atoms with Crippen LogP contribution >= 0.6 is 11.8 Å². The lowest BCUT2D eigenvalue weighted by Crippen LogP contribution is -2.27. The van der Waals surface area contributed by atoms with Crippen LogP contribution in [-0.2, 0) is 0 Å². The summed E-state index contributed by atoms with van der Waals surface area (Å²) >= 11 is 2.12. The van der Waals surface area contributed by atoms with Crippen LogP contribution in [-0.4, -0.2) is 49.1 Å². The molecular weight excluding hydrogens is 216 g/mol. The van der Waals surface area contributed by atoms with Crippen LogP contribution in [0.1, 0.15) is 39.0 Å². The van der Waals surface area contributed by atoms with Crippen LogP contribution in [0.4, 0.5) is 0 Å². The zero-order chi connectivity index (χ0) is 11.5. The Morgan fingerprint density at radius 3 is 2.88 bits per heavy atom. The van der Waals surface area contributed by atoms with E-state index in [2.05, 4.69) is 28.9 Å². The van der Waals surface area contributed by atoms with Gasteiger partial charge in [-0.05, 0) is 57.6 Å². The smallest absolute Gasteiger partial charge is 0.00723 e. The molecule has 0 radical (unpaired) electrons. The third-order valence-corrected chi connectivity index (χ3v) is 4.12. The highest BCUT2D eigenvalue weighted by Gasteiger charge is 2.07. The maximum Gasteiger partial charge on any atom is 0.00723 e. The molecular formula is C13H28N2S. The van der Waals surface area contributed by atoms with E-state index in [0.29, 0.717) is 0 Å². The molecule has 0 aromatic carbocycles. The van der Waals surface area contributed by atoms with Crippen LogP contribution < -0.4 is 5.32 Å². The molecule has 1 aliphatic heterocycles. The third kappa shape index (κ3) is 7.53. The van der Waals surface area contributed by atoms with E-state index in [1.807, 2.05) is 0 Å². The lowest BCUT2D eigenvalue weighted by molar-refractivity contribution is 0.288. The SMILES string of the molecule is CCCNCCCCCN1CCCSCC1. The van der Waals surface area contributed by atoms with Crippen molar-refractivity contribution in [1.29, 1.82) is 0 Å². The van der Waals surface area contributed by atoms with Crippen molar-refractivity contribution in [3.8, 4) is 0 Å². The Kier molecular flexibility index (Phi) is 9.34. The maximum atomic E-state index is 3.47. The van der Waals surface area contributed by atoms with Gasteiger partial charge in [0.05, 0.1) is 0 Å². The molecule has 0 unspecified atom stereocenters. The first-order valence-corrected chi connectivity index (χ1v) is 8.09. The molecule has 1 aliphatic rings. The van der Waals surface area contributed by atoms with Gasteiger partial charge in [-0.3, -0.25) is 0 Å².